The zero-order valence-electron chi connectivity index (χ0n) is 13.4. The third kappa shape index (κ3) is 5.21. The van der Waals surface area contributed by atoms with Crippen molar-refractivity contribution in [3.63, 3.8) is 0 Å². The average Bonchev–Trinajstić information content (AvgIpc) is 2.58. The van der Waals surface area contributed by atoms with Crippen LogP contribution in [0.2, 0.25) is 0 Å². The molecule has 0 radical (unpaired) electrons. The summed E-state index contributed by atoms with van der Waals surface area (Å²) in [6, 6.07) is 8.04. The number of hydrogen-bond acceptors (Lipinski definition) is 4. The zero-order valence-corrected chi connectivity index (χ0v) is 14.2. The fourth-order valence-electron chi connectivity index (χ4n) is 2.50. The fourth-order valence-corrected chi connectivity index (χ4v) is 3.55. The van der Waals surface area contributed by atoms with Crippen molar-refractivity contribution < 1.29 is 9.53 Å². The van der Waals surface area contributed by atoms with E-state index in [1.165, 1.54) is 6.42 Å². The summed E-state index contributed by atoms with van der Waals surface area (Å²) < 4.78 is 5.36. The largest absolute Gasteiger partial charge is 0.496 e. The lowest BCUT2D eigenvalue weighted by molar-refractivity contribution is -0.123. The maximum absolute atomic E-state index is 12.1. The van der Waals surface area contributed by atoms with Gasteiger partial charge in [-0.25, -0.2) is 0 Å². The Bertz CT molecular complexity index is 475. The van der Waals surface area contributed by atoms with Crippen LogP contribution in [0, 0.1) is 5.92 Å². The number of hydrogen-bond donors (Lipinski definition) is 2. The lowest BCUT2D eigenvalue weighted by Crippen LogP contribution is -2.47. The molecular formula is C17H26N2O2S. The first-order valence-electron chi connectivity index (χ1n) is 7.97. The molecule has 2 N–H and O–H groups in total. The molecule has 1 amide bonds. The number of piperidine rings is 1. The second-order valence-electron chi connectivity index (χ2n) is 5.81. The summed E-state index contributed by atoms with van der Waals surface area (Å²) in [5.74, 6) is 2.44. The van der Waals surface area contributed by atoms with E-state index in [1.807, 2.05) is 18.2 Å². The minimum Gasteiger partial charge on any atom is -0.496 e. The predicted octanol–water partition coefficient (Wildman–Crippen LogP) is 2.68. The molecule has 4 nitrogen and oxygen atoms in total. The normalized spacial score (nSPS) is 19.5. The van der Waals surface area contributed by atoms with Gasteiger partial charge in [0, 0.05) is 17.2 Å². The van der Waals surface area contributed by atoms with Crippen molar-refractivity contribution in [1.82, 2.24) is 10.6 Å². The molecule has 2 unspecified atom stereocenters. The van der Waals surface area contributed by atoms with Crippen LogP contribution in [0.25, 0.3) is 0 Å². The number of benzene rings is 1. The van der Waals surface area contributed by atoms with Crippen molar-refractivity contribution in [1.29, 1.82) is 0 Å². The molecule has 1 heterocycles. The Morgan fingerprint density at radius 2 is 2.27 bits per heavy atom. The van der Waals surface area contributed by atoms with Gasteiger partial charge in [0.15, 0.2) is 0 Å². The molecule has 2 atom stereocenters. The van der Waals surface area contributed by atoms with Crippen molar-refractivity contribution in [3.05, 3.63) is 24.3 Å². The van der Waals surface area contributed by atoms with Gasteiger partial charge in [0.05, 0.1) is 13.2 Å². The van der Waals surface area contributed by atoms with E-state index in [9.17, 15) is 4.79 Å². The molecular weight excluding hydrogens is 296 g/mol. The first-order chi connectivity index (χ1) is 10.7. The molecule has 1 aliphatic heterocycles. The van der Waals surface area contributed by atoms with E-state index in [4.69, 9.17) is 4.74 Å². The average molecular weight is 322 g/mol. The van der Waals surface area contributed by atoms with Crippen molar-refractivity contribution in [2.45, 2.75) is 37.1 Å². The third-order valence-electron chi connectivity index (χ3n) is 3.84. The Balaban J connectivity index is 1.71. The number of nitrogens with one attached hydrogen (secondary N) is 2. The number of amides is 1. The van der Waals surface area contributed by atoms with Crippen molar-refractivity contribution in [2.24, 2.45) is 5.92 Å². The molecule has 0 aromatic heterocycles. The smallest absolute Gasteiger partial charge is 0.237 e. The van der Waals surface area contributed by atoms with Crippen LogP contribution in [0.1, 0.15) is 26.2 Å². The SMILES string of the molecule is COc1ccccc1SCC(C)CNC(=O)C1CCCCN1. The highest BCUT2D eigenvalue weighted by molar-refractivity contribution is 7.99. The maximum atomic E-state index is 12.1. The van der Waals surface area contributed by atoms with Crippen LogP contribution in [0.5, 0.6) is 5.75 Å². The summed E-state index contributed by atoms with van der Waals surface area (Å²) in [5, 5.41) is 6.35. The Labute approximate surface area is 137 Å². The number of carbonyl (C=O) groups is 1. The van der Waals surface area contributed by atoms with Gasteiger partial charge in [-0.15, -0.1) is 11.8 Å². The van der Waals surface area contributed by atoms with Crippen LogP contribution in [-0.4, -0.2) is 37.9 Å². The van der Waals surface area contributed by atoms with Gasteiger partial charge in [0.1, 0.15) is 5.75 Å². The molecule has 1 aromatic carbocycles. The number of para-hydroxylation sites is 1. The molecule has 1 aliphatic rings. The van der Waals surface area contributed by atoms with Crippen molar-refractivity contribution in [2.75, 3.05) is 26.0 Å². The second kappa shape index (κ2) is 9.06. The summed E-state index contributed by atoms with van der Waals surface area (Å²) in [7, 11) is 1.69. The molecule has 0 aliphatic carbocycles. The van der Waals surface area contributed by atoms with Gasteiger partial charge < -0.3 is 15.4 Å². The van der Waals surface area contributed by atoms with E-state index in [-0.39, 0.29) is 11.9 Å². The number of ether oxygens (including phenoxy) is 1. The van der Waals surface area contributed by atoms with Crippen molar-refractivity contribution >= 4 is 17.7 Å². The molecule has 2 rings (SSSR count). The van der Waals surface area contributed by atoms with Crippen LogP contribution < -0.4 is 15.4 Å². The quantitative estimate of drug-likeness (QED) is 0.758. The van der Waals surface area contributed by atoms with E-state index in [0.29, 0.717) is 5.92 Å². The molecule has 0 bridgehead atoms. The van der Waals surface area contributed by atoms with Crippen molar-refractivity contribution in [3.8, 4) is 5.75 Å². The van der Waals surface area contributed by atoms with Crippen LogP contribution in [-0.2, 0) is 4.79 Å². The van der Waals surface area contributed by atoms with Gasteiger partial charge in [-0.1, -0.05) is 25.5 Å². The lowest BCUT2D eigenvalue weighted by atomic mass is 10.0. The summed E-state index contributed by atoms with van der Waals surface area (Å²) in [6.45, 7) is 3.84. The molecule has 1 fully saturated rings. The van der Waals surface area contributed by atoms with Crippen LogP contribution >= 0.6 is 11.8 Å². The zero-order chi connectivity index (χ0) is 15.8. The van der Waals surface area contributed by atoms with E-state index in [0.717, 1.165) is 42.3 Å². The Morgan fingerprint density at radius 1 is 1.45 bits per heavy atom. The first kappa shape index (κ1) is 17.2. The van der Waals surface area contributed by atoms with Gasteiger partial charge in [0.25, 0.3) is 0 Å². The molecule has 0 saturated carbocycles. The fraction of sp³-hybridized carbons (Fsp3) is 0.588. The van der Waals surface area contributed by atoms with Gasteiger partial charge in [0.2, 0.25) is 5.91 Å². The van der Waals surface area contributed by atoms with Gasteiger partial charge >= 0.3 is 0 Å². The van der Waals surface area contributed by atoms with E-state index >= 15 is 0 Å². The van der Waals surface area contributed by atoms with Gasteiger partial charge in [-0.05, 0) is 37.4 Å². The van der Waals surface area contributed by atoms with Crippen LogP contribution in [0.4, 0.5) is 0 Å². The van der Waals surface area contributed by atoms with Gasteiger partial charge in [-0.3, -0.25) is 4.79 Å². The molecule has 5 heteroatoms. The Kier molecular flexibility index (Phi) is 7.06. The first-order valence-corrected chi connectivity index (χ1v) is 8.96. The minimum absolute atomic E-state index is 0.00261. The summed E-state index contributed by atoms with van der Waals surface area (Å²) >= 11 is 1.78. The number of carbonyl (C=O) groups excluding carboxylic acids is 1. The summed E-state index contributed by atoms with van der Waals surface area (Å²) in [6.07, 6.45) is 3.27. The van der Waals surface area contributed by atoms with E-state index < -0.39 is 0 Å². The van der Waals surface area contributed by atoms with Crippen LogP contribution in [0.3, 0.4) is 0 Å². The number of thioether (sulfide) groups is 1. The minimum atomic E-state index is 0.00261. The molecule has 1 aromatic rings. The van der Waals surface area contributed by atoms with Gasteiger partial charge in [-0.2, -0.15) is 0 Å². The third-order valence-corrected chi connectivity index (χ3v) is 5.23. The monoisotopic (exact) mass is 322 g/mol. The highest BCUT2D eigenvalue weighted by atomic mass is 32.2. The summed E-state index contributed by atoms with van der Waals surface area (Å²) in [4.78, 5) is 13.2. The highest BCUT2D eigenvalue weighted by Crippen LogP contribution is 2.29. The molecule has 0 spiro atoms. The Morgan fingerprint density at radius 3 is 3.00 bits per heavy atom. The van der Waals surface area contributed by atoms with E-state index in [1.54, 1.807) is 18.9 Å². The maximum Gasteiger partial charge on any atom is 0.237 e. The number of rotatable bonds is 7. The summed E-state index contributed by atoms with van der Waals surface area (Å²) in [5.41, 5.74) is 0. The molecule has 1 saturated heterocycles. The molecule has 122 valence electrons. The van der Waals surface area contributed by atoms with Crippen LogP contribution in [0.15, 0.2) is 29.2 Å². The molecule has 22 heavy (non-hydrogen) atoms. The second-order valence-corrected chi connectivity index (χ2v) is 6.88. The highest BCUT2D eigenvalue weighted by Gasteiger charge is 2.20. The Hall–Kier alpha value is -1.20. The number of methoxy groups -OCH3 is 1. The topological polar surface area (TPSA) is 50.4 Å². The standard InChI is InChI=1S/C17H26N2O2S/c1-13(11-19-17(20)14-7-5-6-10-18-14)12-22-16-9-4-3-8-15(16)21-2/h3-4,8-9,13-14,18H,5-7,10-12H2,1-2H3,(H,19,20). The lowest BCUT2D eigenvalue weighted by Gasteiger charge is -2.23. The van der Waals surface area contributed by atoms with E-state index in [2.05, 4.69) is 23.6 Å². The predicted molar refractivity (Wildman–Crippen MR) is 91.5 cm³/mol.